The molecule has 2 atom stereocenters. The fourth-order valence-electron chi connectivity index (χ4n) is 3.03. The Morgan fingerprint density at radius 2 is 1.65 bits per heavy atom. The maximum absolute atomic E-state index is 12.8. The minimum absolute atomic E-state index is 0.236. The largest absolute Gasteiger partial charge is 0.327 e. The monoisotopic (exact) mass is 289 g/mol. The lowest BCUT2D eigenvalue weighted by Gasteiger charge is -2.28. The summed E-state index contributed by atoms with van der Waals surface area (Å²) >= 11 is 0. The zero-order valence-electron chi connectivity index (χ0n) is 11.3. The molecule has 1 aliphatic carbocycles. The second kappa shape index (κ2) is 5.19. The van der Waals surface area contributed by atoms with Gasteiger partial charge in [-0.15, -0.1) is 0 Å². The van der Waals surface area contributed by atoms with Crippen LogP contribution in [0.25, 0.3) is 10.8 Å². The van der Waals surface area contributed by atoms with E-state index in [0.717, 1.165) is 30.0 Å². The second-order valence-electron chi connectivity index (χ2n) is 5.54. The summed E-state index contributed by atoms with van der Waals surface area (Å²) in [5.41, 5.74) is 6.04. The van der Waals surface area contributed by atoms with Gasteiger partial charge in [-0.1, -0.05) is 43.2 Å². The van der Waals surface area contributed by atoms with Gasteiger partial charge in [0.15, 0.2) is 9.84 Å². The molecule has 3 nitrogen and oxygen atoms in total. The third kappa shape index (κ3) is 2.34. The van der Waals surface area contributed by atoms with Gasteiger partial charge in [-0.2, -0.15) is 0 Å². The quantitative estimate of drug-likeness (QED) is 0.924. The van der Waals surface area contributed by atoms with E-state index in [9.17, 15) is 8.42 Å². The summed E-state index contributed by atoms with van der Waals surface area (Å²) in [4.78, 5) is 0.401. The van der Waals surface area contributed by atoms with Crippen LogP contribution in [0.1, 0.15) is 25.7 Å². The predicted molar refractivity (Wildman–Crippen MR) is 81.4 cm³/mol. The topological polar surface area (TPSA) is 60.2 Å². The van der Waals surface area contributed by atoms with Crippen LogP contribution in [-0.4, -0.2) is 19.7 Å². The highest BCUT2D eigenvalue weighted by atomic mass is 32.2. The average molecular weight is 289 g/mol. The van der Waals surface area contributed by atoms with Crippen molar-refractivity contribution < 1.29 is 8.42 Å². The van der Waals surface area contributed by atoms with E-state index >= 15 is 0 Å². The minimum atomic E-state index is -3.33. The van der Waals surface area contributed by atoms with Gasteiger partial charge < -0.3 is 5.73 Å². The third-order valence-corrected chi connectivity index (χ3v) is 6.50. The molecule has 1 saturated carbocycles. The first-order valence-corrected chi connectivity index (χ1v) is 8.62. The number of hydrogen-bond donors (Lipinski definition) is 1. The van der Waals surface area contributed by atoms with Gasteiger partial charge in [0.1, 0.15) is 0 Å². The molecule has 0 radical (unpaired) electrons. The first kappa shape index (κ1) is 13.6. The van der Waals surface area contributed by atoms with E-state index in [2.05, 4.69) is 0 Å². The van der Waals surface area contributed by atoms with Crippen molar-refractivity contribution in [3.8, 4) is 0 Å². The van der Waals surface area contributed by atoms with Gasteiger partial charge in [0.2, 0.25) is 0 Å². The first-order chi connectivity index (χ1) is 9.59. The zero-order valence-corrected chi connectivity index (χ0v) is 12.1. The molecule has 2 N–H and O–H groups in total. The predicted octanol–water partition coefficient (Wildman–Crippen LogP) is 2.88. The van der Waals surface area contributed by atoms with E-state index in [4.69, 9.17) is 5.73 Å². The molecule has 0 bridgehead atoms. The van der Waals surface area contributed by atoms with Gasteiger partial charge in [0.25, 0.3) is 0 Å². The first-order valence-electron chi connectivity index (χ1n) is 7.07. The number of sulfone groups is 1. The van der Waals surface area contributed by atoms with Crippen molar-refractivity contribution in [1.82, 2.24) is 0 Å². The molecule has 0 aliphatic heterocycles. The van der Waals surface area contributed by atoms with Crippen LogP contribution in [-0.2, 0) is 9.84 Å². The molecule has 1 aliphatic rings. The molecular formula is C16H19NO2S. The SMILES string of the molecule is NC1CCCCC1S(=O)(=O)c1ccc2ccccc2c1. The fraction of sp³-hybridized carbons (Fsp3) is 0.375. The lowest BCUT2D eigenvalue weighted by Crippen LogP contribution is -2.42. The van der Waals surface area contributed by atoms with Crippen molar-refractivity contribution in [3.63, 3.8) is 0 Å². The van der Waals surface area contributed by atoms with Crippen LogP contribution >= 0.6 is 0 Å². The van der Waals surface area contributed by atoms with Gasteiger partial charge in [-0.05, 0) is 35.7 Å². The van der Waals surface area contributed by atoms with E-state index in [1.54, 1.807) is 12.1 Å². The molecule has 0 heterocycles. The van der Waals surface area contributed by atoms with E-state index in [-0.39, 0.29) is 6.04 Å². The lowest BCUT2D eigenvalue weighted by molar-refractivity contribution is 0.432. The number of nitrogens with two attached hydrogens (primary N) is 1. The van der Waals surface area contributed by atoms with Crippen LogP contribution in [0.15, 0.2) is 47.4 Å². The molecule has 2 unspecified atom stereocenters. The van der Waals surface area contributed by atoms with E-state index < -0.39 is 15.1 Å². The van der Waals surface area contributed by atoms with E-state index in [1.807, 2.05) is 30.3 Å². The standard InChI is InChI=1S/C16H19NO2S/c17-15-7-3-4-8-16(15)20(18,19)14-10-9-12-5-1-2-6-13(12)11-14/h1-2,5-6,9-11,15-16H,3-4,7-8,17H2. The lowest BCUT2D eigenvalue weighted by atomic mass is 9.96. The summed E-state index contributed by atoms with van der Waals surface area (Å²) in [6.07, 6.45) is 3.46. The van der Waals surface area contributed by atoms with Crippen LogP contribution in [0.2, 0.25) is 0 Å². The van der Waals surface area contributed by atoms with Crippen LogP contribution < -0.4 is 5.73 Å². The second-order valence-corrected chi connectivity index (χ2v) is 7.71. The smallest absolute Gasteiger partial charge is 0.182 e. The molecule has 1 fully saturated rings. The maximum Gasteiger partial charge on any atom is 0.182 e. The molecule has 106 valence electrons. The van der Waals surface area contributed by atoms with Crippen molar-refractivity contribution in [2.24, 2.45) is 5.73 Å². The van der Waals surface area contributed by atoms with Crippen molar-refractivity contribution >= 4 is 20.6 Å². The molecule has 3 rings (SSSR count). The average Bonchev–Trinajstić information content (AvgIpc) is 2.47. The Morgan fingerprint density at radius 3 is 2.40 bits per heavy atom. The molecule has 2 aromatic carbocycles. The van der Waals surface area contributed by atoms with Gasteiger partial charge >= 0.3 is 0 Å². The van der Waals surface area contributed by atoms with Gasteiger partial charge in [-0.3, -0.25) is 0 Å². The molecule has 0 aromatic heterocycles. The Kier molecular flexibility index (Phi) is 3.52. The van der Waals surface area contributed by atoms with Crippen LogP contribution in [0.3, 0.4) is 0 Å². The molecule has 0 spiro atoms. The minimum Gasteiger partial charge on any atom is -0.327 e. The van der Waals surface area contributed by atoms with Crippen LogP contribution in [0.5, 0.6) is 0 Å². The Morgan fingerprint density at radius 1 is 0.950 bits per heavy atom. The summed E-state index contributed by atoms with van der Waals surface area (Å²) in [5.74, 6) is 0. The summed E-state index contributed by atoms with van der Waals surface area (Å²) < 4.78 is 25.5. The number of fused-ring (bicyclic) bond motifs is 1. The Labute approximate surface area is 119 Å². The Balaban J connectivity index is 2.04. The van der Waals surface area contributed by atoms with Crippen LogP contribution in [0.4, 0.5) is 0 Å². The molecule has 0 amide bonds. The van der Waals surface area contributed by atoms with Gasteiger partial charge in [0, 0.05) is 6.04 Å². The number of hydrogen-bond acceptors (Lipinski definition) is 3. The summed E-state index contributed by atoms with van der Waals surface area (Å²) in [7, 11) is -3.33. The molecule has 0 saturated heterocycles. The Hall–Kier alpha value is -1.39. The van der Waals surface area contributed by atoms with E-state index in [0.29, 0.717) is 11.3 Å². The highest BCUT2D eigenvalue weighted by Gasteiger charge is 2.34. The molecule has 20 heavy (non-hydrogen) atoms. The zero-order chi connectivity index (χ0) is 14.2. The summed E-state index contributed by atoms with van der Waals surface area (Å²) in [5, 5.41) is 1.58. The normalized spacial score (nSPS) is 23.9. The third-order valence-electron chi connectivity index (χ3n) is 4.20. The van der Waals surface area contributed by atoms with Crippen molar-refractivity contribution in [1.29, 1.82) is 0 Å². The summed E-state index contributed by atoms with van der Waals surface area (Å²) in [6, 6.07) is 12.9. The fourth-order valence-corrected chi connectivity index (χ4v) is 5.00. The van der Waals surface area contributed by atoms with Gasteiger partial charge in [0.05, 0.1) is 10.1 Å². The highest BCUT2D eigenvalue weighted by molar-refractivity contribution is 7.92. The van der Waals surface area contributed by atoms with Crippen LogP contribution in [0, 0.1) is 0 Å². The summed E-state index contributed by atoms with van der Waals surface area (Å²) in [6.45, 7) is 0. The van der Waals surface area contributed by atoms with Crippen molar-refractivity contribution in [2.75, 3.05) is 0 Å². The van der Waals surface area contributed by atoms with E-state index in [1.165, 1.54) is 0 Å². The highest BCUT2D eigenvalue weighted by Crippen LogP contribution is 2.29. The molecule has 2 aromatic rings. The van der Waals surface area contributed by atoms with Gasteiger partial charge in [-0.25, -0.2) is 8.42 Å². The number of benzene rings is 2. The van der Waals surface area contributed by atoms with Crippen molar-refractivity contribution in [2.45, 2.75) is 41.9 Å². The number of rotatable bonds is 2. The molecular weight excluding hydrogens is 270 g/mol. The maximum atomic E-state index is 12.8. The molecule has 4 heteroatoms. The van der Waals surface area contributed by atoms with Crippen molar-refractivity contribution in [3.05, 3.63) is 42.5 Å². The Bertz CT molecular complexity index is 724.